The molecule has 1 aliphatic heterocycles. The first-order chi connectivity index (χ1) is 13.5. The van der Waals surface area contributed by atoms with Gasteiger partial charge in [-0.05, 0) is 43.5 Å². The van der Waals surface area contributed by atoms with Crippen LogP contribution in [0.2, 0.25) is 0 Å². The quantitative estimate of drug-likeness (QED) is 0.592. The Bertz CT molecular complexity index is 1060. The number of imidazole rings is 1. The number of fused-ring (bicyclic) bond motifs is 1. The molecule has 0 bridgehead atoms. The molecule has 1 fully saturated rings. The van der Waals surface area contributed by atoms with E-state index in [0.29, 0.717) is 23.9 Å². The van der Waals surface area contributed by atoms with Gasteiger partial charge in [0.1, 0.15) is 5.54 Å². The van der Waals surface area contributed by atoms with Gasteiger partial charge in [-0.1, -0.05) is 30.3 Å². The molecular weight excluding hydrogens is 358 g/mol. The van der Waals surface area contributed by atoms with Crippen molar-refractivity contribution in [3.8, 4) is 0 Å². The molecule has 1 atom stereocenters. The lowest BCUT2D eigenvalue weighted by molar-refractivity contribution is -0.132. The molecule has 0 aliphatic carbocycles. The van der Waals surface area contributed by atoms with E-state index in [4.69, 9.17) is 0 Å². The lowest BCUT2D eigenvalue weighted by Gasteiger charge is -2.21. The summed E-state index contributed by atoms with van der Waals surface area (Å²) in [7, 11) is 0. The topological polar surface area (TPSA) is 107 Å². The van der Waals surface area contributed by atoms with Crippen LogP contribution in [0.4, 0.5) is 4.79 Å². The third kappa shape index (κ3) is 3.20. The predicted octanol–water partition coefficient (Wildman–Crippen LogP) is 2.15. The maximum atomic E-state index is 12.8. The highest BCUT2D eigenvalue weighted by atomic mass is 16.2. The maximum absolute atomic E-state index is 12.8. The lowest BCUT2D eigenvalue weighted by Crippen LogP contribution is -2.48. The zero-order valence-corrected chi connectivity index (χ0v) is 15.2. The van der Waals surface area contributed by atoms with E-state index in [1.807, 2.05) is 30.3 Å². The van der Waals surface area contributed by atoms with Crippen molar-refractivity contribution in [2.45, 2.75) is 25.3 Å². The monoisotopic (exact) mass is 377 g/mol. The number of aryl methyl sites for hydroxylation is 1. The number of hydrogen-bond acceptors (Lipinski definition) is 4. The van der Waals surface area contributed by atoms with Gasteiger partial charge in [0.2, 0.25) is 0 Å². The minimum absolute atomic E-state index is 0.315. The Morgan fingerprint density at radius 3 is 2.75 bits per heavy atom. The van der Waals surface area contributed by atoms with Gasteiger partial charge < -0.3 is 10.3 Å². The Morgan fingerprint density at radius 1 is 1.18 bits per heavy atom. The largest absolute Gasteiger partial charge is 0.345 e. The number of carbonyl (C=O) groups excluding carboxylic acids is 3. The van der Waals surface area contributed by atoms with E-state index >= 15 is 0 Å². The number of hydrazine groups is 1. The first-order valence-corrected chi connectivity index (χ1v) is 8.91. The molecule has 3 N–H and O–H groups in total. The molecule has 0 radical (unpaired) electrons. The van der Waals surface area contributed by atoms with Crippen LogP contribution in [0.5, 0.6) is 0 Å². The van der Waals surface area contributed by atoms with Crippen molar-refractivity contribution in [1.82, 2.24) is 25.7 Å². The Balaban J connectivity index is 1.46. The molecule has 8 heteroatoms. The summed E-state index contributed by atoms with van der Waals surface area (Å²) in [6, 6.07) is 14.0. The number of H-pyrrole nitrogens is 1. The van der Waals surface area contributed by atoms with Gasteiger partial charge in [0.15, 0.2) is 0 Å². The molecule has 1 unspecified atom stereocenters. The molecule has 8 nitrogen and oxygen atoms in total. The highest BCUT2D eigenvalue weighted by Crippen LogP contribution is 2.22. The van der Waals surface area contributed by atoms with E-state index in [2.05, 4.69) is 20.7 Å². The summed E-state index contributed by atoms with van der Waals surface area (Å²) < 4.78 is 0. The van der Waals surface area contributed by atoms with Crippen LogP contribution < -0.4 is 10.7 Å². The second-order valence-corrected chi connectivity index (χ2v) is 6.96. The highest BCUT2D eigenvalue weighted by molar-refractivity contribution is 6.09. The first kappa shape index (κ1) is 17.7. The Kier molecular flexibility index (Phi) is 4.31. The zero-order chi connectivity index (χ0) is 19.7. The number of carbonyl (C=O) groups is 3. The smallest absolute Gasteiger partial charge is 0.344 e. The van der Waals surface area contributed by atoms with Crippen molar-refractivity contribution < 1.29 is 14.4 Å². The molecule has 0 spiro atoms. The predicted molar refractivity (Wildman–Crippen MR) is 102 cm³/mol. The van der Waals surface area contributed by atoms with Crippen LogP contribution in [0.15, 0.2) is 54.9 Å². The summed E-state index contributed by atoms with van der Waals surface area (Å²) in [4.78, 5) is 44.7. The molecule has 28 heavy (non-hydrogen) atoms. The van der Waals surface area contributed by atoms with Gasteiger partial charge in [0, 0.05) is 5.56 Å². The van der Waals surface area contributed by atoms with Crippen LogP contribution in [-0.2, 0) is 11.2 Å². The lowest BCUT2D eigenvalue weighted by atomic mass is 9.93. The van der Waals surface area contributed by atoms with Crippen molar-refractivity contribution in [3.05, 3.63) is 66.0 Å². The first-order valence-electron chi connectivity index (χ1n) is 8.91. The van der Waals surface area contributed by atoms with Crippen LogP contribution in [-0.4, -0.2) is 38.4 Å². The molecule has 1 aromatic heterocycles. The summed E-state index contributed by atoms with van der Waals surface area (Å²) in [6.07, 6.45) is 2.58. The Labute approximate surface area is 160 Å². The minimum atomic E-state index is -1.08. The van der Waals surface area contributed by atoms with Gasteiger partial charge in [-0.3, -0.25) is 15.0 Å². The molecule has 1 saturated heterocycles. The molecule has 2 heterocycles. The summed E-state index contributed by atoms with van der Waals surface area (Å²) in [5, 5.41) is 3.44. The number of rotatable bonds is 5. The second-order valence-electron chi connectivity index (χ2n) is 6.96. The number of aromatic nitrogens is 2. The fourth-order valence-electron chi connectivity index (χ4n) is 3.24. The number of hydrogen-bond donors (Lipinski definition) is 3. The summed E-state index contributed by atoms with van der Waals surface area (Å²) in [6.45, 7) is 1.67. The van der Waals surface area contributed by atoms with E-state index in [1.54, 1.807) is 25.1 Å². The summed E-state index contributed by atoms with van der Waals surface area (Å²) in [5.74, 6) is -1.03. The molecule has 4 amide bonds. The van der Waals surface area contributed by atoms with E-state index < -0.39 is 23.4 Å². The van der Waals surface area contributed by atoms with Gasteiger partial charge in [-0.2, -0.15) is 5.01 Å². The molecule has 3 aromatic rings. The van der Waals surface area contributed by atoms with Crippen LogP contribution in [0.25, 0.3) is 11.0 Å². The third-order valence-electron chi connectivity index (χ3n) is 4.91. The minimum Gasteiger partial charge on any atom is -0.345 e. The third-order valence-corrected chi connectivity index (χ3v) is 4.91. The normalized spacial score (nSPS) is 19.1. The number of nitrogens with zero attached hydrogens (tertiary/aromatic N) is 2. The van der Waals surface area contributed by atoms with Crippen LogP contribution in [0.3, 0.4) is 0 Å². The van der Waals surface area contributed by atoms with Crippen molar-refractivity contribution in [3.63, 3.8) is 0 Å². The van der Waals surface area contributed by atoms with Crippen molar-refractivity contribution in [2.75, 3.05) is 0 Å². The average Bonchev–Trinajstić information content (AvgIpc) is 3.25. The molecule has 4 rings (SSSR count). The molecule has 0 saturated carbocycles. The number of amides is 4. The van der Waals surface area contributed by atoms with E-state index in [9.17, 15) is 14.4 Å². The fraction of sp³-hybridized carbons (Fsp3) is 0.200. The van der Waals surface area contributed by atoms with Crippen LogP contribution in [0.1, 0.15) is 29.3 Å². The number of nitrogens with one attached hydrogen (secondary N) is 3. The Morgan fingerprint density at radius 2 is 1.96 bits per heavy atom. The van der Waals surface area contributed by atoms with Crippen molar-refractivity contribution in [1.29, 1.82) is 0 Å². The molecule has 142 valence electrons. The number of aromatic amines is 1. The van der Waals surface area contributed by atoms with E-state index in [1.165, 1.54) is 6.33 Å². The van der Waals surface area contributed by atoms with Crippen LogP contribution in [0, 0.1) is 0 Å². The highest BCUT2D eigenvalue weighted by Gasteiger charge is 2.48. The molecule has 1 aliphatic rings. The zero-order valence-electron chi connectivity index (χ0n) is 15.2. The van der Waals surface area contributed by atoms with E-state index in [-0.39, 0.29) is 0 Å². The van der Waals surface area contributed by atoms with E-state index in [0.717, 1.165) is 16.1 Å². The van der Waals surface area contributed by atoms with Gasteiger partial charge >= 0.3 is 6.03 Å². The summed E-state index contributed by atoms with van der Waals surface area (Å²) in [5.41, 5.74) is 4.13. The second kappa shape index (κ2) is 6.80. The van der Waals surface area contributed by atoms with Gasteiger partial charge in [0.25, 0.3) is 11.8 Å². The van der Waals surface area contributed by atoms with Gasteiger partial charge in [-0.25, -0.2) is 9.78 Å². The standard InChI is InChI=1S/C20H19N5O3/c1-20(10-9-13-5-3-2-4-6-13)18(27)25(19(28)23-20)24-17(26)14-7-8-15-16(11-14)22-12-21-15/h2-8,11-12H,9-10H2,1H3,(H,21,22)(H,23,28)(H,24,26). The molecule has 2 aromatic carbocycles. The number of urea groups is 1. The van der Waals surface area contributed by atoms with Crippen LogP contribution >= 0.6 is 0 Å². The molecular formula is C20H19N5O3. The fourth-order valence-corrected chi connectivity index (χ4v) is 3.24. The van der Waals surface area contributed by atoms with Gasteiger partial charge in [-0.15, -0.1) is 0 Å². The van der Waals surface area contributed by atoms with Gasteiger partial charge in [0.05, 0.1) is 17.4 Å². The maximum Gasteiger partial charge on any atom is 0.344 e. The van der Waals surface area contributed by atoms with Crippen molar-refractivity contribution >= 4 is 28.9 Å². The van der Waals surface area contributed by atoms with Crippen molar-refractivity contribution in [2.24, 2.45) is 0 Å². The SMILES string of the molecule is CC1(CCc2ccccc2)NC(=O)N(NC(=O)c2ccc3nc[nH]c3c2)C1=O. The summed E-state index contributed by atoms with van der Waals surface area (Å²) >= 11 is 0. The number of benzene rings is 2. The number of imide groups is 1. The average molecular weight is 377 g/mol. The Hall–Kier alpha value is -3.68.